The average Bonchev–Trinajstić information content (AvgIpc) is 2.72. The van der Waals surface area contributed by atoms with Gasteiger partial charge < -0.3 is 4.90 Å². The molecule has 1 saturated heterocycles. The third-order valence-electron chi connectivity index (χ3n) is 4.04. The summed E-state index contributed by atoms with van der Waals surface area (Å²) in [6.45, 7) is 8.65. The lowest BCUT2D eigenvalue weighted by atomic mass is 9.99. The van der Waals surface area contributed by atoms with Crippen molar-refractivity contribution < 1.29 is 4.79 Å². The Bertz CT molecular complexity index is 273. The predicted molar refractivity (Wildman–Crippen MR) is 79.8 cm³/mol. The molecule has 4 atom stereocenters. The van der Waals surface area contributed by atoms with Gasteiger partial charge in [0.25, 0.3) is 0 Å². The zero-order valence-corrected chi connectivity index (χ0v) is 13.2. The fourth-order valence-corrected chi connectivity index (χ4v) is 3.16. The van der Waals surface area contributed by atoms with Crippen LogP contribution in [0.2, 0.25) is 0 Å². The molecule has 0 bridgehead atoms. The second kappa shape index (κ2) is 7.39. The summed E-state index contributed by atoms with van der Waals surface area (Å²) in [5, 5.41) is 3.52. The molecule has 4 unspecified atom stereocenters. The SMILES string of the molecule is CCC(C)C1NC(CC)N(C(C)CCSC)C1=O. The van der Waals surface area contributed by atoms with E-state index >= 15 is 0 Å². The van der Waals surface area contributed by atoms with Crippen LogP contribution in [0.1, 0.15) is 47.0 Å². The number of carbonyl (C=O) groups is 1. The summed E-state index contributed by atoms with van der Waals surface area (Å²) >= 11 is 1.85. The molecule has 1 rings (SSSR count). The molecule has 1 aliphatic heterocycles. The van der Waals surface area contributed by atoms with Crippen LogP contribution in [0.15, 0.2) is 0 Å². The highest BCUT2D eigenvalue weighted by atomic mass is 32.2. The molecule has 0 aromatic heterocycles. The first-order chi connectivity index (χ1) is 8.56. The molecule has 0 spiro atoms. The fourth-order valence-electron chi connectivity index (χ4n) is 2.58. The molecule has 0 aliphatic carbocycles. The summed E-state index contributed by atoms with van der Waals surface area (Å²) in [5.41, 5.74) is 0. The largest absolute Gasteiger partial charge is 0.323 e. The van der Waals surface area contributed by atoms with Gasteiger partial charge >= 0.3 is 0 Å². The van der Waals surface area contributed by atoms with E-state index in [1.54, 1.807) is 0 Å². The van der Waals surface area contributed by atoms with Gasteiger partial charge in [-0.05, 0) is 37.7 Å². The van der Waals surface area contributed by atoms with Crippen molar-refractivity contribution in [3.05, 3.63) is 0 Å². The standard InChI is InChI=1S/C14H28N2OS/c1-6-10(3)13-14(17)16(12(7-2)15-13)11(4)8-9-18-5/h10-13,15H,6-9H2,1-5H3. The van der Waals surface area contributed by atoms with Crippen LogP contribution >= 0.6 is 11.8 Å². The van der Waals surface area contributed by atoms with E-state index in [2.05, 4.69) is 44.2 Å². The van der Waals surface area contributed by atoms with Crippen molar-refractivity contribution in [2.45, 2.75) is 65.2 Å². The number of hydrogen-bond donors (Lipinski definition) is 1. The minimum atomic E-state index is 0.0247. The van der Waals surface area contributed by atoms with Crippen molar-refractivity contribution in [2.24, 2.45) is 5.92 Å². The van der Waals surface area contributed by atoms with E-state index in [1.165, 1.54) is 0 Å². The molecule has 1 heterocycles. The molecule has 0 aromatic carbocycles. The van der Waals surface area contributed by atoms with Gasteiger partial charge in [-0.3, -0.25) is 10.1 Å². The lowest BCUT2D eigenvalue weighted by Gasteiger charge is -2.29. The number of hydrogen-bond acceptors (Lipinski definition) is 3. The van der Waals surface area contributed by atoms with Gasteiger partial charge in [-0.2, -0.15) is 11.8 Å². The molecule has 3 nitrogen and oxygen atoms in total. The molecule has 0 radical (unpaired) electrons. The second-order valence-electron chi connectivity index (χ2n) is 5.33. The van der Waals surface area contributed by atoms with Gasteiger partial charge in [0.2, 0.25) is 5.91 Å². The van der Waals surface area contributed by atoms with Gasteiger partial charge in [0.1, 0.15) is 0 Å². The van der Waals surface area contributed by atoms with Crippen LogP contribution in [0.25, 0.3) is 0 Å². The molecule has 1 amide bonds. The Morgan fingerprint density at radius 3 is 2.56 bits per heavy atom. The lowest BCUT2D eigenvalue weighted by Crippen LogP contribution is -2.43. The Balaban J connectivity index is 2.73. The first kappa shape index (κ1) is 15.8. The van der Waals surface area contributed by atoms with E-state index in [0.717, 1.165) is 25.0 Å². The minimum absolute atomic E-state index is 0.0247. The highest BCUT2D eigenvalue weighted by Gasteiger charge is 2.41. The van der Waals surface area contributed by atoms with Gasteiger partial charge in [-0.15, -0.1) is 0 Å². The summed E-state index contributed by atoms with van der Waals surface area (Å²) in [5.74, 6) is 1.85. The summed E-state index contributed by atoms with van der Waals surface area (Å²) < 4.78 is 0. The van der Waals surface area contributed by atoms with Crippen LogP contribution in [0, 0.1) is 5.92 Å². The predicted octanol–water partition coefficient (Wildman–Crippen LogP) is 2.71. The van der Waals surface area contributed by atoms with Gasteiger partial charge in [0.15, 0.2) is 0 Å². The van der Waals surface area contributed by atoms with Gasteiger partial charge in [-0.25, -0.2) is 0 Å². The Morgan fingerprint density at radius 2 is 2.06 bits per heavy atom. The van der Waals surface area contributed by atoms with Crippen molar-refractivity contribution in [1.82, 2.24) is 10.2 Å². The van der Waals surface area contributed by atoms with E-state index < -0.39 is 0 Å². The highest BCUT2D eigenvalue weighted by Crippen LogP contribution is 2.24. The van der Waals surface area contributed by atoms with Crippen molar-refractivity contribution in [3.8, 4) is 0 Å². The van der Waals surface area contributed by atoms with Crippen molar-refractivity contribution in [3.63, 3.8) is 0 Å². The van der Waals surface area contributed by atoms with Gasteiger partial charge in [0.05, 0.1) is 12.2 Å². The summed E-state index contributed by atoms with van der Waals surface area (Å²) in [4.78, 5) is 14.6. The molecule has 18 heavy (non-hydrogen) atoms. The van der Waals surface area contributed by atoms with Gasteiger partial charge in [0, 0.05) is 6.04 Å². The maximum Gasteiger partial charge on any atom is 0.241 e. The van der Waals surface area contributed by atoms with Crippen molar-refractivity contribution in [1.29, 1.82) is 0 Å². The van der Waals surface area contributed by atoms with Crippen molar-refractivity contribution in [2.75, 3.05) is 12.0 Å². The van der Waals surface area contributed by atoms with E-state index in [4.69, 9.17) is 0 Å². The van der Waals surface area contributed by atoms with E-state index in [1.807, 2.05) is 11.8 Å². The topological polar surface area (TPSA) is 32.3 Å². The smallest absolute Gasteiger partial charge is 0.241 e. The van der Waals surface area contributed by atoms with Crippen LogP contribution in [0.5, 0.6) is 0 Å². The fraction of sp³-hybridized carbons (Fsp3) is 0.929. The number of rotatable bonds is 7. The third kappa shape index (κ3) is 3.41. The quantitative estimate of drug-likeness (QED) is 0.773. The Labute approximate surface area is 116 Å². The number of thioether (sulfide) groups is 1. The third-order valence-corrected chi connectivity index (χ3v) is 4.69. The van der Waals surface area contributed by atoms with Crippen LogP contribution in [-0.4, -0.2) is 41.1 Å². The Hall–Kier alpha value is -0.220. The summed E-state index contributed by atoms with van der Waals surface area (Å²) in [6, 6.07) is 0.369. The van der Waals surface area contributed by atoms with Crippen LogP contribution in [0.3, 0.4) is 0 Å². The maximum atomic E-state index is 12.5. The van der Waals surface area contributed by atoms with E-state index in [9.17, 15) is 4.79 Å². The summed E-state index contributed by atoms with van der Waals surface area (Å²) in [7, 11) is 0. The molecule has 1 aliphatic rings. The van der Waals surface area contributed by atoms with E-state index in [0.29, 0.717) is 17.9 Å². The number of nitrogens with one attached hydrogen (secondary N) is 1. The molecule has 0 aromatic rings. The number of amides is 1. The molecule has 1 N–H and O–H groups in total. The van der Waals surface area contributed by atoms with Crippen molar-refractivity contribution >= 4 is 17.7 Å². The lowest BCUT2D eigenvalue weighted by molar-refractivity contribution is -0.132. The second-order valence-corrected chi connectivity index (χ2v) is 6.32. The van der Waals surface area contributed by atoms with Gasteiger partial charge in [-0.1, -0.05) is 27.2 Å². The molecule has 106 valence electrons. The number of nitrogens with zero attached hydrogens (tertiary/aromatic N) is 1. The summed E-state index contributed by atoms with van der Waals surface area (Å²) in [6.07, 6.45) is 5.47. The van der Waals surface area contributed by atoms with Crippen LogP contribution < -0.4 is 5.32 Å². The Kier molecular flexibility index (Phi) is 6.50. The zero-order chi connectivity index (χ0) is 13.7. The molecular weight excluding hydrogens is 244 g/mol. The normalized spacial score (nSPS) is 27.6. The monoisotopic (exact) mass is 272 g/mol. The molecular formula is C14H28N2OS. The molecule has 4 heteroatoms. The zero-order valence-electron chi connectivity index (χ0n) is 12.4. The molecule has 0 saturated carbocycles. The number of carbonyl (C=O) groups excluding carboxylic acids is 1. The molecule has 1 fully saturated rings. The first-order valence-electron chi connectivity index (χ1n) is 7.13. The first-order valence-corrected chi connectivity index (χ1v) is 8.53. The highest BCUT2D eigenvalue weighted by molar-refractivity contribution is 7.98. The van der Waals surface area contributed by atoms with Crippen LogP contribution in [0.4, 0.5) is 0 Å². The average molecular weight is 272 g/mol. The Morgan fingerprint density at radius 1 is 1.39 bits per heavy atom. The minimum Gasteiger partial charge on any atom is -0.323 e. The van der Waals surface area contributed by atoms with E-state index in [-0.39, 0.29) is 12.2 Å². The van der Waals surface area contributed by atoms with Crippen LogP contribution in [-0.2, 0) is 4.79 Å². The maximum absolute atomic E-state index is 12.5.